The maximum absolute atomic E-state index is 3.91. The predicted molar refractivity (Wildman–Crippen MR) is 45.8 cm³/mol. The molecule has 0 amide bonds. The van der Waals surface area contributed by atoms with Crippen molar-refractivity contribution in [1.29, 1.82) is 0 Å². The van der Waals surface area contributed by atoms with Crippen molar-refractivity contribution in [2.75, 3.05) is 0 Å². The van der Waals surface area contributed by atoms with Gasteiger partial charge in [-0.25, -0.2) is 6.42 Å². The quantitative estimate of drug-likeness (QED) is 0.402. The van der Waals surface area contributed by atoms with E-state index >= 15 is 0 Å². The van der Waals surface area contributed by atoms with Gasteiger partial charge in [-0.1, -0.05) is 13.0 Å². The van der Waals surface area contributed by atoms with E-state index in [0.29, 0.717) is 0 Å². The van der Waals surface area contributed by atoms with Gasteiger partial charge in [0.2, 0.25) is 0 Å². The molecule has 0 radical (unpaired) electrons. The third-order valence-corrected chi connectivity index (χ3v) is 1.63. The van der Waals surface area contributed by atoms with E-state index in [1.165, 1.54) is 11.1 Å². The van der Waals surface area contributed by atoms with Crippen LogP contribution >= 0.6 is 0 Å². The van der Waals surface area contributed by atoms with Gasteiger partial charge < -0.3 is 8.35 Å². The van der Waals surface area contributed by atoms with Gasteiger partial charge in [0.15, 0.2) is 0 Å². The fourth-order valence-electron chi connectivity index (χ4n) is 0.999. The van der Waals surface area contributed by atoms with Crippen LogP contribution in [-0.4, -0.2) is 0 Å². The largest absolute Gasteiger partial charge is 1.00 e. The van der Waals surface area contributed by atoms with Crippen molar-refractivity contribution in [1.82, 2.24) is 0 Å². The first-order valence-corrected chi connectivity index (χ1v) is 3.45. The fraction of sp³-hybridized carbons (Fsp3) is 0.200. The van der Waals surface area contributed by atoms with Crippen LogP contribution in [-0.2, 0) is 6.42 Å². The van der Waals surface area contributed by atoms with Gasteiger partial charge in [-0.3, -0.25) is 0 Å². The molecule has 0 saturated carbocycles. The van der Waals surface area contributed by atoms with Gasteiger partial charge in [-0.15, -0.1) is 11.6 Å². The molecule has 1 rings (SSSR count). The Morgan fingerprint density at radius 2 is 2.09 bits per heavy atom. The standard InChI is InChI=1S/C10H12.K.H/c1-4-10-6-5-8(2)7-9(10)3;;/h5-7H,1,3-4H2,2H3;;/q-2;+1;-1. The first-order valence-electron chi connectivity index (χ1n) is 3.45. The summed E-state index contributed by atoms with van der Waals surface area (Å²) in [5.74, 6) is 0. The molecule has 0 aliphatic heterocycles. The van der Waals surface area contributed by atoms with E-state index in [-0.39, 0.29) is 52.8 Å². The van der Waals surface area contributed by atoms with Crippen LogP contribution in [0.2, 0.25) is 0 Å². The second kappa shape index (κ2) is 5.39. The zero-order valence-corrected chi connectivity index (χ0v) is 10.5. The molecule has 0 spiro atoms. The van der Waals surface area contributed by atoms with E-state index in [1.807, 2.05) is 0 Å². The third kappa shape index (κ3) is 3.30. The van der Waals surface area contributed by atoms with E-state index in [4.69, 9.17) is 0 Å². The van der Waals surface area contributed by atoms with Gasteiger partial charge in [0, 0.05) is 0 Å². The first-order chi connectivity index (χ1) is 4.74. The molecule has 0 aromatic heterocycles. The number of hydrogen-bond acceptors (Lipinski definition) is 0. The van der Waals surface area contributed by atoms with Gasteiger partial charge in [0.25, 0.3) is 0 Å². The van der Waals surface area contributed by atoms with Crippen molar-refractivity contribution < 1.29 is 52.8 Å². The average molecular weight is 172 g/mol. The maximum atomic E-state index is 3.91. The van der Waals surface area contributed by atoms with E-state index in [2.05, 4.69) is 39.0 Å². The zero-order chi connectivity index (χ0) is 7.56. The minimum absolute atomic E-state index is 0. The number of aryl methyl sites for hydroxylation is 1. The van der Waals surface area contributed by atoms with Crippen LogP contribution in [0.25, 0.3) is 0 Å². The molecule has 0 fully saturated rings. The summed E-state index contributed by atoms with van der Waals surface area (Å²) >= 11 is 0. The van der Waals surface area contributed by atoms with Crippen LogP contribution in [0.1, 0.15) is 18.1 Å². The molecule has 0 heterocycles. The number of rotatable bonds is 1. The molecule has 0 atom stereocenters. The molecule has 0 saturated heterocycles. The summed E-state index contributed by atoms with van der Waals surface area (Å²) in [7, 11) is 0. The number of benzene rings is 1. The first kappa shape index (κ1) is 11.7. The van der Waals surface area contributed by atoms with Gasteiger partial charge >= 0.3 is 51.4 Å². The van der Waals surface area contributed by atoms with Gasteiger partial charge in [0.05, 0.1) is 0 Å². The van der Waals surface area contributed by atoms with Crippen LogP contribution in [0.5, 0.6) is 0 Å². The minimum atomic E-state index is 0. The van der Waals surface area contributed by atoms with Gasteiger partial charge in [-0.05, 0) is 0 Å². The van der Waals surface area contributed by atoms with Crippen molar-refractivity contribution in [2.45, 2.75) is 13.3 Å². The van der Waals surface area contributed by atoms with Crippen molar-refractivity contribution in [2.24, 2.45) is 0 Å². The Kier molecular flexibility index (Phi) is 5.74. The molecule has 1 aromatic rings. The molecule has 0 aliphatic carbocycles. The summed E-state index contributed by atoms with van der Waals surface area (Å²) in [6.07, 6.45) is 0.832. The summed E-state index contributed by atoms with van der Waals surface area (Å²) in [5, 5.41) is 0. The van der Waals surface area contributed by atoms with Crippen LogP contribution in [0.4, 0.5) is 0 Å². The Hall–Kier alpha value is 0.726. The molecule has 0 aliphatic rings. The molecular weight excluding hydrogens is 159 g/mol. The molecule has 1 aromatic carbocycles. The molecule has 0 bridgehead atoms. The minimum Gasteiger partial charge on any atom is -1.00 e. The van der Waals surface area contributed by atoms with Crippen LogP contribution in [0.15, 0.2) is 18.2 Å². The molecule has 56 valence electrons. The maximum Gasteiger partial charge on any atom is 1.00 e. The van der Waals surface area contributed by atoms with Crippen molar-refractivity contribution >= 4 is 0 Å². The summed E-state index contributed by atoms with van der Waals surface area (Å²) in [4.78, 5) is 0. The summed E-state index contributed by atoms with van der Waals surface area (Å²) in [6, 6.07) is 6.26. The molecular formula is C10H13K-2. The topological polar surface area (TPSA) is 0 Å². The fourth-order valence-corrected chi connectivity index (χ4v) is 0.999. The van der Waals surface area contributed by atoms with E-state index in [0.717, 1.165) is 12.0 Å². The normalized spacial score (nSPS) is 8.91. The predicted octanol–water partition coefficient (Wildman–Crippen LogP) is -0.330. The Morgan fingerprint density at radius 1 is 1.45 bits per heavy atom. The van der Waals surface area contributed by atoms with Gasteiger partial charge in [0.1, 0.15) is 0 Å². The Bertz CT molecular complexity index is 233. The number of hydrogen-bond donors (Lipinski definition) is 0. The SMILES string of the molecule is [CH2-]Cc1ccc(C)cc1[CH2-].[H-].[K+]. The molecule has 1 heteroatoms. The van der Waals surface area contributed by atoms with Gasteiger partial charge in [-0.2, -0.15) is 24.1 Å². The Morgan fingerprint density at radius 3 is 2.55 bits per heavy atom. The van der Waals surface area contributed by atoms with Crippen LogP contribution in [0.3, 0.4) is 0 Å². The molecule has 11 heavy (non-hydrogen) atoms. The van der Waals surface area contributed by atoms with Crippen LogP contribution < -0.4 is 51.4 Å². The van der Waals surface area contributed by atoms with E-state index in [9.17, 15) is 0 Å². The monoisotopic (exact) mass is 172 g/mol. The molecule has 0 unspecified atom stereocenters. The Balaban J connectivity index is 0. The zero-order valence-electron chi connectivity index (χ0n) is 8.35. The van der Waals surface area contributed by atoms with Crippen molar-refractivity contribution in [3.05, 3.63) is 48.7 Å². The second-order valence-electron chi connectivity index (χ2n) is 2.52. The van der Waals surface area contributed by atoms with E-state index in [1.54, 1.807) is 0 Å². The van der Waals surface area contributed by atoms with E-state index < -0.39 is 0 Å². The second-order valence-corrected chi connectivity index (χ2v) is 2.52. The molecule has 0 nitrogen and oxygen atoms in total. The molecule has 0 N–H and O–H groups in total. The summed E-state index contributed by atoms with van der Waals surface area (Å²) in [6.45, 7) is 9.79. The average Bonchev–Trinajstić information content (AvgIpc) is 1.88. The summed E-state index contributed by atoms with van der Waals surface area (Å²) < 4.78 is 0. The third-order valence-electron chi connectivity index (χ3n) is 1.63. The Labute approximate surface area is 113 Å². The van der Waals surface area contributed by atoms with Crippen molar-refractivity contribution in [3.63, 3.8) is 0 Å². The summed E-state index contributed by atoms with van der Waals surface area (Å²) in [5.41, 5.74) is 3.61. The smallest absolute Gasteiger partial charge is 1.00 e. The van der Waals surface area contributed by atoms with Crippen molar-refractivity contribution in [3.8, 4) is 0 Å². The van der Waals surface area contributed by atoms with Crippen LogP contribution in [0, 0.1) is 20.8 Å².